The second-order valence-electron chi connectivity index (χ2n) is 9.09. The van der Waals surface area contributed by atoms with Gasteiger partial charge in [0.1, 0.15) is 5.75 Å². The van der Waals surface area contributed by atoms with Gasteiger partial charge in [0.2, 0.25) is 0 Å². The van der Waals surface area contributed by atoms with Gasteiger partial charge in [-0.25, -0.2) is 0 Å². The molecular formula is C31H36O5. The van der Waals surface area contributed by atoms with Gasteiger partial charge in [-0.1, -0.05) is 78.9 Å². The Morgan fingerprint density at radius 3 is 2.47 bits per heavy atom. The molecule has 0 aromatic heterocycles. The second kappa shape index (κ2) is 14.2. The summed E-state index contributed by atoms with van der Waals surface area (Å²) >= 11 is 0. The fourth-order valence-electron chi connectivity index (χ4n) is 3.84. The van der Waals surface area contributed by atoms with Crippen LogP contribution in [0.15, 0.2) is 84.9 Å². The number of aliphatic hydroxyl groups excluding tert-OH is 2. The highest BCUT2D eigenvalue weighted by Crippen LogP contribution is 2.22. The van der Waals surface area contributed by atoms with E-state index in [-0.39, 0.29) is 12.1 Å². The molecule has 5 heteroatoms. The van der Waals surface area contributed by atoms with E-state index in [0.29, 0.717) is 38.0 Å². The Morgan fingerprint density at radius 1 is 0.944 bits per heavy atom. The van der Waals surface area contributed by atoms with Crippen LogP contribution < -0.4 is 4.74 Å². The lowest BCUT2D eigenvalue weighted by Crippen LogP contribution is -2.13. The minimum absolute atomic E-state index is 0.125. The van der Waals surface area contributed by atoms with Crippen LogP contribution in [0.4, 0.5) is 0 Å². The van der Waals surface area contributed by atoms with Crippen molar-refractivity contribution in [2.24, 2.45) is 0 Å². The van der Waals surface area contributed by atoms with Gasteiger partial charge in [-0.2, -0.15) is 0 Å². The van der Waals surface area contributed by atoms with E-state index in [1.165, 1.54) is 0 Å². The standard InChI is InChI=1S/C31H36O5/c1-23(2)36-31(34)18-16-26-12-6-7-14-30(26)35-20-19-28(32)17-15-25-11-8-13-27(21-25)29(33)22-24-9-4-3-5-10-24/h3-15,17,21,23,28-29,32-33H,16,18-20,22H2,1-2H3/b17-15+/t28?,29-/m1/s1. The maximum absolute atomic E-state index is 11.9. The van der Waals surface area contributed by atoms with Crippen LogP contribution in [0.3, 0.4) is 0 Å². The molecule has 5 nitrogen and oxygen atoms in total. The van der Waals surface area contributed by atoms with Gasteiger partial charge in [0, 0.05) is 19.3 Å². The molecule has 0 aliphatic heterocycles. The zero-order valence-electron chi connectivity index (χ0n) is 21.0. The lowest BCUT2D eigenvalue weighted by molar-refractivity contribution is -0.147. The van der Waals surface area contributed by atoms with Crippen LogP contribution in [0.25, 0.3) is 6.08 Å². The molecule has 0 fully saturated rings. The summed E-state index contributed by atoms with van der Waals surface area (Å²) in [5.74, 6) is 0.489. The molecule has 0 aliphatic rings. The summed E-state index contributed by atoms with van der Waals surface area (Å²) in [6.45, 7) is 4.01. The quantitative estimate of drug-likeness (QED) is 0.302. The minimum atomic E-state index is -0.670. The van der Waals surface area contributed by atoms with Crippen molar-refractivity contribution < 1.29 is 24.5 Å². The third-order valence-electron chi connectivity index (χ3n) is 5.69. The molecule has 0 spiro atoms. The first-order chi connectivity index (χ1) is 17.4. The molecule has 3 rings (SSSR count). The van der Waals surface area contributed by atoms with Crippen LogP contribution >= 0.6 is 0 Å². The highest BCUT2D eigenvalue weighted by Gasteiger charge is 2.11. The van der Waals surface area contributed by atoms with Crippen molar-refractivity contribution in [3.05, 3.63) is 107 Å². The summed E-state index contributed by atoms with van der Waals surface area (Å²) in [5.41, 5.74) is 3.78. The minimum Gasteiger partial charge on any atom is -0.493 e. The second-order valence-corrected chi connectivity index (χ2v) is 9.09. The smallest absolute Gasteiger partial charge is 0.306 e. The van der Waals surface area contributed by atoms with Crippen LogP contribution in [0.2, 0.25) is 0 Å². The Labute approximate surface area is 214 Å². The molecular weight excluding hydrogens is 452 g/mol. The molecule has 2 atom stereocenters. The Bertz CT molecular complexity index is 1110. The average Bonchev–Trinajstić information content (AvgIpc) is 2.87. The van der Waals surface area contributed by atoms with Gasteiger partial charge in [0.05, 0.1) is 24.9 Å². The number of carbonyl (C=O) groups excluding carboxylic acids is 1. The summed E-state index contributed by atoms with van der Waals surface area (Å²) in [5, 5.41) is 21.0. The third-order valence-corrected chi connectivity index (χ3v) is 5.69. The molecule has 0 saturated heterocycles. The average molecular weight is 489 g/mol. The predicted octanol–water partition coefficient (Wildman–Crippen LogP) is 5.69. The van der Waals surface area contributed by atoms with Crippen molar-refractivity contribution >= 4 is 12.0 Å². The van der Waals surface area contributed by atoms with E-state index in [4.69, 9.17) is 9.47 Å². The van der Waals surface area contributed by atoms with E-state index in [1.54, 1.807) is 6.08 Å². The monoisotopic (exact) mass is 488 g/mol. The van der Waals surface area contributed by atoms with Gasteiger partial charge in [0.15, 0.2) is 0 Å². The number of aryl methyl sites for hydroxylation is 1. The molecule has 1 unspecified atom stereocenters. The van der Waals surface area contributed by atoms with Gasteiger partial charge in [-0.15, -0.1) is 0 Å². The van der Waals surface area contributed by atoms with E-state index >= 15 is 0 Å². The predicted molar refractivity (Wildman–Crippen MR) is 143 cm³/mol. The first-order valence-electron chi connectivity index (χ1n) is 12.5. The van der Waals surface area contributed by atoms with Gasteiger partial charge >= 0.3 is 5.97 Å². The van der Waals surface area contributed by atoms with Gasteiger partial charge < -0.3 is 19.7 Å². The van der Waals surface area contributed by atoms with Gasteiger partial charge in [-0.3, -0.25) is 4.79 Å². The van der Waals surface area contributed by atoms with Crippen LogP contribution in [-0.2, 0) is 22.4 Å². The van der Waals surface area contributed by atoms with Crippen LogP contribution in [0.1, 0.15) is 55.0 Å². The number of hydrogen-bond donors (Lipinski definition) is 2. The normalized spacial score (nSPS) is 13.0. The number of carbonyl (C=O) groups is 1. The number of ether oxygens (including phenoxy) is 2. The van der Waals surface area contributed by atoms with Crippen LogP contribution in [0, 0.1) is 0 Å². The summed E-state index contributed by atoms with van der Waals surface area (Å²) < 4.78 is 11.1. The SMILES string of the molecule is CC(C)OC(=O)CCc1ccccc1OCCC(O)/C=C/c1cccc([C@H](O)Cc2ccccc2)c1. The largest absolute Gasteiger partial charge is 0.493 e. The molecule has 36 heavy (non-hydrogen) atoms. The van der Waals surface area contributed by atoms with Crippen molar-refractivity contribution in [2.45, 2.75) is 57.8 Å². The first-order valence-corrected chi connectivity index (χ1v) is 12.5. The molecule has 3 aromatic carbocycles. The molecule has 3 aromatic rings. The number of hydrogen-bond acceptors (Lipinski definition) is 5. The third kappa shape index (κ3) is 9.33. The lowest BCUT2D eigenvalue weighted by Gasteiger charge is -2.13. The zero-order chi connectivity index (χ0) is 25.8. The van der Waals surface area contributed by atoms with E-state index in [9.17, 15) is 15.0 Å². The zero-order valence-corrected chi connectivity index (χ0v) is 21.0. The molecule has 0 bridgehead atoms. The van der Waals surface area contributed by atoms with Crippen molar-refractivity contribution in [3.63, 3.8) is 0 Å². The summed E-state index contributed by atoms with van der Waals surface area (Å²) in [6.07, 6.45) is 4.02. The van der Waals surface area contributed by atoms with E-state index in [1.807, 2.05) is 98.8 Å². The van der Waals surface area contributed by atoms with E-state index in [0.717, 1.165) is 22.3 Å². The molecule has 0 aliphatic carbocycles. The van der Waals surface area contributed by atoms with Gasteiger partial charge in [-0.05, 0) is 54.7 Å². The number of benzene rings is 3. The molecule has 0 saturated carbocycles. The number of rotatable bonds is 13. The number of aliphatic hydroxyl groups is 2. The fourth-order valence-corrected chi connectivity index (χ4v) is 3.84. The molecule has 2 N–H and O–H groups in total. The molecule has 190 valence electrons. The summed E-state index contributed by atoms with van der Waals surface area (Å²) in [7, 11) is 0. The Kier molecular flexibility index (Phi) is 10.7. The highest BCUT2D eigenvalue weighted by atomic mass is 16.5. The maximum Gasteiger partial charge on any atom is 0.306 e. The topological polar surface area (TPSA) is 76.0 Å². The summed E-state index contributed by atoms with van der Waals surface area (Å²) in [6, 6.07) is 25.2. The summed E-state index contributed by atoms with van der Waals surface area (Å²) in [4.78, 5) is 11.9. The number of para-hydroxylation sites is 1. The number of esters is 1. The molecule has 0 amide bonds. The Hall–Kier alpha value is -3.41. The molecule has 0 radical (unpaired) electrons. The van der Waals surface area contributed by atoms with Crippen LogP contribution in [0.5, 0.6) is 5.75 Å². The van der Waals surface area contributed by atoms with E-state index in [2.05, 4.69) is 0 Å². The Balaban J connectivity index is 1.48. The highest BCUT2D eigenvalue weighted by molar-refractivity contribution is 5.70. The first kappa shape index (κ1) is 27.2. The lowest BCUT2D eigenvalue weighted by atomic mass is 9.99. The van der Waals surface area contributed by atoms with Gasteiger partial charge in [0.25, 0.3) is 0 Å². The van der Waals surface area contributed by atoms with E-state index < -0.39 is 12.2 Å². The fraction of sp³-hybridized carbons (Fsp3) is 0.323. The van der Waals surface area contributed by atoms with Crippen molar-refractivity contribution in [3.8, 4) is 5.75 Å². The van der Waals surface area contributed by atoms with Crippen molar-refractivity contribution in [1.29, 1.82) is 0 Å². The van der Waals surface area contributed by atoms with Crippen LogP contribution in [-0.4, -0.2) is 35.0 Å². The molecule has 0 heterocycles. The van der Waals surface area contributed by atoms with Crippen molar-refractivity contribution in [1.82, 2.24) is 0 Å². The maximum atomic E-state index is 11.9. The Morgan fingerprint density at radius 2 is 1.69 bits per heavy atom. The van der Waals surface area contributed by atoms with Crippen molar-refractivity contribution in [2.75, 3.05) is 6.61 Å².